The first-order valence-electron chi connectivity index (χ1n) is 12.4. The van der Waals surface area contributed by atoms with Crippen LogP contribution in [0.1, 0.15) is 50.6 Å². The number of imidazole rings is 1. The van der Waals surface area contributed by atoms with Gasteiger partial charge in [0, 0.05) is 30.4 Å². The van der Waals surface area contributed by atoms with Crippen molar-refractivity contribution >= 4 is 40.4 Å². The Kier molecular flexibility index (Phi) is 6.32. The molecule has 5 rings (SSSR count). The zero-order chi connectivity index (χ0) is 25.6. The maximum Gasteiger partial charge on any atom is 0.414 e. The third-order valence-corrected chi connectivity index (χ3v) is 7.71. The highest BCUT2D eigenvalue weighted by molar-refractivity contribution is 5.96. The van der Waals surface area contributed by atoms with Crippen LogP contribution in [0.4, 0.5) is 26.5 Å². The number of carboxylic acid groups (broad SMARTS) is 1. The van der Waals surface area contributed by atoms with Crippen LogP contribution in [-0.2, 0) is 16.0 Å². The smallest absolute Gasteiger partial charge is 0.414 e. The average molecular weight is 495 g/mol. The molecule has 0 radical (unpaired) electrons. The molecule has 1 fully saturated rings. The lowest BCUT2D eigenvalue weighted by molar-refractivity contribution is -0.143. The molecule has 0 saturated heterocycles. The van der Waals surface area contributed by atoms with E-state index in [9.17, 15) is 19.1 Å². The highest BCUT2D eigenvalue weighted by Gasteiger charge is 2.34. The van der Waals surface area contributed by atoms with E-state index in [4.69, 9.17) is 9.72 Å². The summed E-state index contributed by atoms with van der Waals surface area (Å²) in [5, 5.41) is 9.48. The van der Waals surface area contributed by atoms with Crippen LogP contribution in [0.15, 0.2) is 36.4 Å². The van der Waals surface area contributed by atoms with E-state index in [1.54, 1.807) is 11.0 Å². The van der Waals surface area contributed by atoms with E-state index < -0.39 is 12.1 Å². The van der Waals surface area contributed by atoms with Gasteiger partial charge in [-0.15, -0.1) is 0 Å². The predicted molar refractivity (Wildman–Crippen MR) is 135 cm³/mol. The van der Waals surface area contributed by atoms with Crippen molar-refractivity contribution in [3.05, 3.63) is 47.8 Å². The largest absolute Gasteiger partial charge is 0.481 e. The number of aromatic nitrogens is 2. The van der Waals surface area contributed by atoms with E-state index in [0.29, 0.717) is 24.5 Å². The number of anilines is 3. The number of fused-ring (bicyclic) bond motifs is 3. The number of amides is 1. The number of nitrogens with zero attached hydrogens (tertiary/aromatic N) is 4. The molecule has 1 aliphatic heterocycles. The lowest BCUT2D eigenvalue weighted by Gasteiger charge is -2.34. The van der Waals surface area contributed by atoms with Crippen molar-refractivity contribution < 1.29 is 23.8 Å². The van der Waals surface area contributed by atoms with Gasteiger partial charge in [-0.25, -0.2) is 14.2 Å². The van der Waals surface area contributed by atoms with Gasteiger partial charge < -0.3 is 19.3 Å². The van der Waals surface area contributed by atoms with Gasteiger partial charge in [0.1, 0.15) is 5.82 Å². The van der Waals surface area contributed by atoms with Crippen molar-refractivity contribution in [1.29, 1.82) is 0 Å². The fourth-order valence-electron chi connectivity index (χ4n) is 5.74. The van der Waals surface area contributed by atoms with Crippen molar-refractivity contribution in [2.24, 2.45) is 5.92 Å². The van der Waals surface area contributed by atoms with Gasteiger partial charge in [-0.1, -0.05) is 6.07 Å². The summed E-state index contributed by atoms with van der Waals surface area (Å²) in [7, 11) is 3.25. The quantitative estimate of drug-likeness (QED) is 0.503. The second kappa shape index (κ2) is 9.44. The van der Waals surface area contributed by atoms with Gasteiger partial charge in [-0.3, -0.25) is 9.69 Å². The number of benzene rings is 2. The molecule has 190 valence electrons. The van der Waals surface area contributed by atoms with Gasteiger partial charge in [0.25, 0.3) is 0 Å². The van der Waals surface area contributed by atoms with E-state index in [2.05, 4.69) is 4.57 Å². The highest BCUT2D eigenvalue weighted by atomic mass is 19.1. The number of carbonyl (C=O) groups excluding carboxylic acids is 1. The van der Waals surface area contributed by atoms with Crippen LogP contribution < -0.4 is 9.80 Å². The molecule has 9 heteroatoms. The summed E-state index contributed by atoms with van der Waals surface area (Å²) in [6, 6.07) is 10.4. The van der Waals surface area contributed by atoms with Crippen molar-refractivity contribution in [1.82, 2.24) is 9.55 Å². The molecular formula is C27H31FN4O4. The van der Waals surface area contributed by atoms with Gasteiger partial charge in [0.15, 0.2) is 0 Å². The molecule has 3 aromatic rings. The van der Waals surface area contributed by atoms with Crippen LogP contribution in [0.2, 0.25) is 0 Å². The minimum absolute atomic E-state index is 0.00483. The SMILES string of the molecule is COC(=O)N1c2ccc3c(nc(N(C)c4cccc(F)c4)n3[C@H]3CC[C@H](C(=O)O)CC3)c2CC[C@@H]1C. The maximum atomic E-state index is 14.1. The minimum atomic E-state index is -0.743. The molecule has 36 heavy (non-hydrogen) atoms. The molecule has 1 atom stereocenters. The summed E-state index contributed by atoms with van der Waals surface area (Å²) in [5.74, 6) is -0.731. The monoisotopic (exact) mass is 494 g/mol. The molecule has 8 nitrogen and oxygen atoms in total. The Hall–Kier alpha value is -3.62. The van der Waals surface area contributed by atoms with E-state index in [0.717, 1.165) is 48.0 Å². The maximum absolute atomic E-state index is 14.1. The number of rotatable bonds is 4. The summed E-state index contributed by atoms with van der Waals surface area (Å²) in [6.45, 7) is 2.01. The average Bonchev–Trinajstić information content (AvgIpc) is 3.27. The van der Waals surface area contributed by atoms with Crippen molar-refractivity contribution in [3.8, 4) is 0 Å². The molecule has 0 unspecified atom stereocenters. The summed E-state index contributed by atoms with van der Waals surface area (Å²) in [5.41, 5.74) is 4.21. The Morgan fingerprint density at radius 2 is 1.89 bits per heavy atom. The van der Waals surface area contributed by atoms with Crippen molar-refractivity contribution in [2.75, 3.05) is 24.0 Å². The minimum Gasteiger partial charge on any atom is -0.481 e. The van der Waals surface area contributed by atoms with Crippen LogP contribution >= 0.6 is 0 Å². The van der Waals surface area contributed by atoms with E-state index >= 15 is 0 Å². The summed E-state index contributed by atoms with van der Waals surface area (Å²) < 4.78 is 21.3. The van der Waals surface area contributed by atoms with Crippen LogP contribution in [-0.4, -0.2) is 46.9 Å². The van der Waals surface area contributed by atoms with E-state index in [1.807, 2.05) is 37.1 Å². The van der Waals surface area contributed by atoms with Crippen molar-refractivity contribution in [3.63, 3.8) is 0 Å². The molecule has 1 aliphatic carbocycles. The number of methoxy groups -OCH3 is 1. The number of carboxylic acids is 1. The van der Waals surface area contributed by atoms with Crippen LogP contribution in [0.3, 0.4) is 0 Å². The second-order valence-electron chi connectivity index (χ2n) is 9.82. The van der Waals surface area contributed by atoms with E-state index in [-0.39, 0.29) is 23.8 Å². The molecule has 0 bridgehead atoms. The number of aryl methyl sites for hydroxylation is 1. The number of carbonyl (C=O) groups is 2. The van der Waals surface area contributed by atoms with Crippen LogP contribution in [0.25, 0.3) is 11.0 Å². The van der Waals surface area contributed by atoms with E-state index in [1.165, 1.54) is 19.2 Å². The fourth-order valence-corrected chi connectivity index (χ4v) is 5.74. The van der Waals surface area contributed by atoms with Crippen LogP contribution in [0.5, 0.6) is 0 Å². The number of halogens is 1. The predicted octanol–water partition coefficient (Wildman–Crippen LogP) is 5.67. The molecular weight excluding hydrogens is 463 g/mol. The molecule has 0 spiro atoms. The fraction of sp³-hybridized carbons (Fsp3) is 0.444. The third-order valence-electron chi connectivity index (χ3n) is 7.71. The second-order valence-corrected chi connectivity index (χ2v) is 9.82. The van der Waals surface area contributed by atoms with Gasteiger partial charge in [0.05, 0.1) is 29.7 Å². The summed E-state index contributed by atoms with van der Waals surface area (Å²) >= 11 is 0. The molecule has 2 heterocycles. The van der Waals surface area contributed by atoms with Gasteiger partial charge in [-0.05, 0) is 75.8 Å². The van der Waals surface area contributed by atoms with Crippen molar-refractivity contribution in [2.45, 2.75) is 57.5 Å². The Morgan fingerprint density at radius 1 is 1.14 bits per heavy atom. The molecule has 2 aromatic carbocycles. The highest BCUT2D eigenvalue weighted by Crippen LogP contribution is 2.42. The summed E-state index contributed by atoms with van der Waals surface area (Å²) in [6.07, 6.45) is 3.79. The lowest BCUT2D eigenvalue weighted by Crippen LogP contribution is -2.42. The first kappa shape index (κ1) is 24.1. The van der Waals surface area contributed by atoms with Gasteiger partial charge in [0.2, 0.25) is 5.95 Å². The van der Waals surface area contributed by atoms with Gasteiger partial charge in [-0.2, -0.15) is 0 Å². The lowest BCUT2D eigenvalue weighted by atomic mass is 9.86. The molecule has 2 aliphatic rings. The first-order valence-corrected chi connectivity index (χ1v) is 12.4. The first-order chi connectivity index (χ1) is 17.3. The Labute approximate surface area is 209 Å². The standard InChI is InChI=1S/C27H31FN4O4/c1-16-7-12-21-22(31(16)27(35)36-3)13-14-23-24(21)29-26(30(2)20-6-4-5-18(28)15-20)32(23)19-10-8-17(9-11-19)25(33)34/h4-6,13-17,19H,7-12H2,1-3H3,(H,33,34)/t16-,17-,19-/m0/s1. The number of hydrogen-bond donors (Lipinski definition) is 1. The Balaban J connectivity index is 1.66. The van der Waals surface area contributed by atoms with Gasteiger partial charge >= 0.3 is 12.1 Å². The molecule has 1 aromatic heterocycles. The summed E-state index contributed by atoms with van der Waals surface area (Å²) in [4.78, 5) is 32.8. The Morgan fingerprint density at radius 3 is 2.56 bits per heavy atom. The zero-order valence-corrected chi connectivity index (χ0v) is 20.8. The normalized spacial score (nSPS) is 21.8. The number of aliphatic carboxylic acids is 1. The third kappa shape index (κ3) is 4.06. The number of hydrogen-bond acceptors (Lipinski definition) is 5. The molecule has 1 saturated carbocycles. The zero-order valence-electron chi connectivity index (χ0n) is 20.8. The topological polar surface area (TPSA) is 87.9 Å². The molecule has 1 N–H and O–H groups in total. The molecule has 1 amide bonds. The van der Waals surface area contributed by atoms with Crippen LogP contribution in [0, 0.1) is 11.7 Å². The Bertz CT molecular complexity index is 1310. The number of ether oxygens (including phenoxy) is 1.